The molecule has 7 heteroatoms. The second kappa shape index (κ2) is 5.43. The fraction of sp³-hybridized carbons (Fsp3) is 0.222. The number of nitro groups is 1. The first-order valence-electron chi connectivity index (χ1n) is 4.41. The number of nitrogens with one attached hydrogen (secondary N) is 1. The van der Waals surface area contributed by atoms with Crippen LogP contribution in [0.1, 0.15) is 17.3 Å². The van der Waals surface area contributed by atoms with Gasteiger partial charge in [0.1, 0.15) is 0 Å². The number of non-ortho nitro benzene ring substituents is 1. The molecule has 0 saturated carbocycles. The molecule has 0 aliphatic heterocycles. The van der Waals surface area contributed by atoms with E-state index in [0.717, 1.165) is 6.07 Å². The molecule has 6 nitrogen and oxygen atoms in total. The maximum atomic E-state index is 11.4. The Bertz CT molecular complexity index is 422. The van der Waals surface area contributed by atoms with Crippen molar-refractivity contribution in [2.45, 2.75) is 6.92 Å². The number of hydrogen-bond acceptors (Lipinski definition) is 4. The largest absolute Gasteiger partial charge is 0.275 e. The number of amides is 1. The van der Waals surface area contributed by atoms with Crippen LogP contribution < -0.4 is 5.48 Å². The second-order valence-corrected chi connectivity index (χ2v) is 3.26. The summed E-state index contributed by atoms with van der Waals surface area (Å²) in [6.45, 7) is 2.00. The predicted octanol–water partition coefficient (Wildman–Crippen LogP) is 1.93. The fourth-order valence-electron chi connectivity index (χ4n) is 1.01. The van der Waals surface area contributed by atoms with Crippen LogP contribution in [0.5, 0.6) is 0 Å². The lowest BCUT2D eigenvalue weighted by Gasteiger charge is -2.03. The average molecular weight is 245 g/mol. The van der Waals surface area contributed by atoms with Crippen molar-refractivity contribution in [3.05, 3.63) is 38.9 Å². The van der Waals surface area contributed by atoms with Gasteiger partial charge in [0.15, 0.2) is 0 Å². The van der Waals surface area contributed by atoms with Gasteiger partial charge in [0.2, 0.25) is 0 Å². The van der Waals surface area contributed by atoms with Crippen molar-refractivity contribution in [3.63, 3.8) is 0 Å². The molecule has 0 fully saturated rings. The first-order chi connectivity index (χ1) is 7.54. The molecule has 0 radical (unpaired) electrons. The molecule has 0 aliphatic rings. The molecular formula is C9H9ClN2O4. The molecular weight excluding hydrogens is 236 g/mol. The number of nitrogens with zero attached hydrogens (tertiary/aromatic N) is 1. The van der Waals surface area contributed by atoms with E-state index in [1.807, 2.05) is 0 Å². The Balaban J connectivity index is 2.95. The Morgan fingerprint density at radius 2 is 2.25 bits per heavy atom. The van der Waals surface area contributed by atoms with Gasteiger partial charge in [0.05, 0.1) is 11.5 Å². The van der Waals surface area contributed by atoms with E-state index in [2.05, 4.69) is 10.3 Å². The van der Waals surface area contributed by atoms with Crippen molar-refractivity contribution in [1.82, 2.24) is 5.48 Å². The lowest BCUT2D eigenvalue weighted by molar-refractivity contribution is -0.384. The minimum absolute atomic E-state index is 0.0765. The summed E-state index contributed by atoms with van der Waals surface area (Å²) in [5, 5.41) is 10.6. The third-order valence-corrected chi connectivity index (χ3v) is 1.88. The van der Waals surface area contributed by atoms with E-state index in [1.165, 1.54) is 12.1 Å². The third-order valence-electron chi connectivity index (χ3n) is 1.66. The maximum Gasteiger partial charge on any atom is 0.275 e. The van der Waals surface area contributed by atoms with Gasteiger partial charge in [-0.25, -0.2) is 5.48 Å². The molecule has 0 aromatic heterocycles. The van der Waals surface area contributed by atoms with Gasteiger partial charge >= 0.3 is 0 Å². The smallest absolute Gasteiger partial charge is 0.274 e. The van der Waals surface area contributed by atoms with Crippen molar-refractivity contribution < 1.29 is 14.6 Å². The second-order valence-electron chi connectivity index (χ2n) is 2.82. The Morgan fingerprint density at radius 1 is 1.56 bits per heavy atom. The summed E-state index contributed by atoms with van der Waals surface area (Å²) in [5.74, 6) is -0.576. The van der Waals surface area contributed by atoms with Crippen molar-refractivity contribution in [1.29, 1.82) is 0 Å². The number of hydroxylamine groups is 1. The highest BCUT2D eigenvalue weighted by molar-refractivity contribution is 6.31. The normalized spacial score (nSPS) is 9.88. The van der Waals surface area contributed by atoms with Crippen LogP contribution in [0, 0.1) is 10.1 Å². The number of carbonyl (C=O) groups excluding carboxylic acids is 1. The van der Waals surface area contributed by atoms with Gasteiger partial charge < -0.3 is 0 Å². The zero-order chi connectivity index (χ0) is 12.1. The number of rotatable bonds is 4. The number of hydrogen-bond donors (Lipinski definition) is 1. The molecule has 0 atom stereocenters. The van der Waals surface area contributed by atoms with Gasteiger partial charge in [0.25, 0.3) is 11.6 Å². The quantitative estimate of drug-likeness (QED) is 0.648. The van der Waals surface area contributed by atoms with Crippen LogP contribution >= 0.6 is 11.6 Å². The molecule has 16 heavy (non-hydrogen) atoms. The number of halogens is 1. The third kappa shape index (κ3) is 3.18. The van der Waals surface area contributed by atoms with E-state index in [4.69, 9.17) is 11.6 Å². The summed E-state index contributed by atoms with van der Waals surface area (Å²) in [6.07, 6.45) is 0. The molecule has 86 valence electrons. The van der Waals surface area contributed by atoms with Crippen molar-refractivity contribution in [2.75, 3.05) is 6.61 Å². The Hall–Kier alpha value is -1.66. The van der Waals surface area contributed by atoms with E-state index in [9.17, 15) is 14.9 Å². The van der Waals surface area contributed by atoms with Gasteiger partial charge in [-0.3, -0.25) is 19.7 Å². The van der Waals surface area contributed by atoms with Gasteiger partial charge in [-0.15, -0.1) is 0 Å². The van der Waals surface area contributed by atoms with Crippen LogP contribution in [0.4, 0.5) is 5.69 Å². The minimum atomic E-state index is -0.622. The zero-order valence-corrected chi connectivity index (χ0v) is 9.15. The molecule has 1 amide bonds. The van der Waals surface area contributed by atoms with Gasteiger partial charge in [-0.05, 0) is 13.0 Å². The predicted molar refractivity (Wildman–Crippen MR) is 57.2 cm³/mol. The molecule has 0 unspecified atom stereocenters. The molecule has 1 aromatic rings. The highest BCUT2D eigenvalue weighted by Gasteiger charge is 2.13. The van der Waals surface area contributed by atoms with Crippen molar-refractivity contribution in [2.24, 2.45) is 0 Å². The number of nitro benzene ring substituents is 1. The van der Waals surface area contributed by atoms with Gasteiger partial charge in [-0.2, -0.15) is 0 Å². The molecule has 0 bridgehead atoms. The van der Waals surface area contributed by atoms with Crippen molar-refractivity contribution >= 4 is 23.2 Å². The summed E-state index contributed by atoms with van der Waals surface area (Å²) >= 11 is 5.65. The SMILES string of the molecule is CCONC(=O)c1cc(Cl)cc([N+](=O)[O-])c1. The van der Waals surface area contributed by atoms with E-state index in [0.29, 0.717) is 6.61 Å². The topological polar surface area (TPSA) is 81.5 Å². The lowest BCUT2D eigenvalue weighted by atomic mass is 10.2. The summed E-state index contributed by atoms with van der Waals surface area (Å²) in [4.78, 5) is 26.0. The molecule has 1 N–H and O–H groups in total. The zero-order valence-electron chi connectivity index (χ0n) is 8.40. The summed E-state index contributed by atoms with van der Waals surface area (Å²) in [6, 6.07) is 3.61. The Kier molecular flexibility index (Phi) is 4.21. The first-order valence-corrected chi connectivity index (χ1v) is 4.79. The first kappa shape index (κ1) is 12.4. The van der Waals surface area contributed by atoms with Crippen LogP contribution in [-0.2, 0) is 4.84 Å². The fourth-order valence-corrected chi connectivity index (χ4v) is 1.24. The van der Waals surface area contributed by atoms with Crippen LogP contribution in [0.3, 0.4) is 0 Å². The van der Waals surface area contributed by atoms with E-state index in [1.54, 1.807) is 6.92 Å². The lowest BCUT2D eigenvalue weighted by Crippen LogP contribution is -2.23. The summed E-state index contributed by atoms with van der Waals surface area (Å²) in [5.41, 5.74) is 1.96. The van der Waals surface area contributed by atoms with E-state index < -0.39 is 10.8 Å². The molecule has 0 aliphatic carbocycles. The van der Waals surface area contributed by atoms with Crippen molar-refractivity contribution in [3.8, 4) is 0 Å². The van der Waals surface area contributed by atoms with Gasteiger partial charge in [-0.1, -0.05) is 11.6 Å². The van der Waals surface area contributed by atoms with E-state index >= 15 is 0 Å². The highest BCUT2D eigenvalue weighted by Crippen LogP contribution is 2.20. The molecule has 0 spiro atoms. The Labute approximate surface area is 96.3 Å². The van der Waals surface area contributed by atoms with Gasteiger partial charge in [0, 0.05) is 22.7 Å². The van der Waals surface area contributed by atoms with E-state index in [-0.39, 0.29) is 16.3 Å². The number of carbonyl (C=O) groups is 1. The maximum absolute atomic E-state index is 11.4. The minimum Gasteiger partial charge on any atom is -0.274 e. The molecule has 0 heterocycles. The Morgan fingerprint density at radius 3 is 2.81 bits per heavy atom. The van der Waals surface area contributed by atoms with Crippen LogP contribution in [-0.4, -0.2) is 17.4 Å². The number of benzene rings is 1. The monoisotopic (exact) mass is 244 g/mol. The standard InChI is InChI=1S/C9H9ClN2O4/c1-2-16-11-9(13)6-3-7(10)5-8(4-6)12(14)15/h3-5H,2H2,1H3,(H,11,13). The highest BCUT2D eigenvalue weighted by atomic mass is 35.5. The van der Waals surface area contributed by atoms with Crippen LogP contribution in [0.25, 0.3) is 0 Å². The van der Waals surface area contributed by atoms with Crippen LogP contribution in [0.2, 0.25) is 5.02 Å². The molecule has 1 rings (SSSR count). The average Bonchev–Trinajstić information content (AvgIpc) is 2.24. The molecule has 1 aromatic carbocycles. The summed E-state index contributed by atoms with van der Waals surface area (Å²) in [7, 11) is 0. The van der Waals surface area contributed by atoms with Crippen LogP contribution in [0.15, 0.2) is 18.2 Å². The summed E-state index contributed by atoms with van der Waals surface area (Å²) < 4.78 is 0. The molecule has 0 saturated heterocycles.